The second-order valence-corrected chi connectivity index (χ2v) is 4.77. The maximum absolute atomic E-state index is 4.75. The first-order valence-corrected chi connectivity index (χ1v) is 7.07. The Morgan fingerprint density at radius 3 is 2.26 bits per heavy atom. The molecule has 1 aromatic carbocycles. The van der Waals surface area contributed by atoms with Crippen molar-refractivity contribution < 1.29 is 0 Å². The highest BCUT2D eigenvalue weighted by Gasteiger charge is 2.15. The predicted octanol–water partition coefficient (Wildman–Crippen LogP) is 3.57. The number of aromatic nitrogens is 3. The van der Waals surface area contributed by atoms with Crippen molar-refractivity contribution in [2.75, 3.05) is 0 Å². The van der Waals surface area contributed by atoms with E-state index < -0.39 is 0 Å². The molecule has 0 atom stereocenters. The fourth-order valence-electron chi connectivity index (χ4n) is 2.78. The molecule has 0 radical (unpaired) electrons. The average Bonchev–Trinajstić information content (AvgIpc) is 2.80. The summed E-state index contributed by atoms with van der Waals surface area (Å²) in [6, 6.07) is 8.53. The van der Waals surface area contributed by atoms with Crippen LogP contribution in [-0.4, -0.2) is 14.4 Å². The average molecular weight is 253 g/mol. The minimum absolute atomic E-state index is 0.879. The molecule has 0 aliphatic carbocycles. The van der Waals surface area contributed by atoms with Crippen molar-refractivity contribution in [2.24, 2.45) is 0 Å². The molecule has 19 heavy (non-hydrogen) atoms. The number of nitrogens with zero attached hydrogens (tertiary/aromatic N) is 3. The van der Waals surface area contributed by atoms with Crippen LogP contribution in [0, 0.1) is 0 Å². The minimum atomic E-state index is 0.879. The van der Waals surface area contributed by atoms with Crippen LogP contribution in [0.4, 0.5) is 0 Å². The molecular formula is C16H19N3. The first-order chi connectivity index (χ1) is 9.30. The Balaban J connectivity index is 2.54. The summed E-state index contributed by atoms with van der Waals surface area (Å²) in [7, 11) is 0. The summed E-state index contributed by atoms with van der Waals surface area (Å²) in [6.07, 6.45) is 2.81. The van der Waals surface area contributed by atoms with Gasteiger partial charge in [0.05, 0.1) is 0 Å². The third-order valence-electron chi connectivity index (χ3n) is 3.68. The molecule has 0 unspecified atom stereocenters. The first kappa shape index (κ1) is 12.2. The molecule has 0 N–H and O–H groups in total. The van der Waals surface area contributed by atoms with Crippen LogP contribution < -0.4 is 0 Å². The smallest absolute Gasteiger partial charge is 0.148 e. The van der Waals surface area contributed by atoms with Crippen LogP contribution in [0.25, 0.3) is 16.4 Å². The molecule has 0 aliphatic rings. The van der Waals surface area contributed by atoms with Crippen LogP contribution in [0.15, 0.2) is 24.3 Å². The molecule has 0 saturated carbocycles. The number of aryl methyl sites for hydroxylation is 3. The lowest BCUT2D eigenvalue weighted by Crippen LogP contribution is -2.07. The molecular weight excluding hydrogens is 234 g/mol. The second kappa shape index (κ2) is 4.65. The van der Waals surface area contributed by atoms with Gasteiger partial charge in [-0.3, -0.25) is 4.40 Å². The lowest BCUT2D eigenvalue weighted by Gasteiger charge is -2.08. The standard InChI is InChI=1S/C16H19N3/c1-4-13-11-9-7-8-10-12(11)16-18-14(5-2)17-15(6-3)19(13)16/h7-10H,4-6H2,1-3H3. The topological polar surface area (TPSA) is 30.2 Å². The quantitative estimate of drug-likeness (QED) is 0.714. The Kier molecular flexibility index (Phi) is 2.97. The van der Waals surface area contributed by atoms with Gasteiger partial charge >= 0.3 is 0 Å². The molecule has 2 aromatic heterocycles. The van der Waals surface area contributed by atoms with E-state index in [-0.39, 0.29) is 0 Å². The summed E-state index contributed by atoms with van der Waals surface area (Å²) >= 11 is 0. The van der Waals surface area contributed by atoms with E-state index >= 15 is 0 Å². The summed E-state index contributed by atoms with van der Waals surface area (Å²) in [5.74, 6) is 2.06. The van der Waals surface area contributed by atoms with Gasteiger partial charge in [-0.2, -0.15) is 0 Å². The van der Waals surface area contributed by atoms with Crippen LogP contribution in [0.3, 0.4) is 0 Å². The van der Waals surface area contributed by atoms with Crippen molar-refractivity contribution in [2.45, 2.75) is 40.0 Å². The van der Waals surface area contributed by atoms with Crippen molar-refractivity contribution in [1.29, 1.82) is 0 Å². The fourth-order valence-corrected chi connectivity index (χ4v) is 2.78. The van der Waals surface area contributed by atoms with Crippen LogP contribution in [0.2, 0.25) is 0 Å². The summed E-state index contributed by atoms with van der Waals surface area (Å²) in [6.45, 7) is 6.46. The lowest BCUT2D eigenvalue weighted by molar-refractivity contribution is 0.794. The van der Waals surface area contributed by atoms with Crippen molar-refractivity contribution in [3.63, 3.8) is 0 Å². The van der Waals surface area contributed by atoms with Gasteiger partial charge in [-0.15, -0.1) is 0 Å². The van der Waals surface area contributed by atoms with Gasteiger partial charge in [-0.05, 0) is 6.42 Å². The summed E-state index contributed by atoms with van der Waals surface area (Å²) in [5, 5.41) is 2.55. The zero-order chi connectivity index (χ0) is 13.4. The van der Waals surface area contributed by atoms with Crippen LogP contribution in [-0.2, 0) is 19.3 Å². The zero-order valence-electron chi connectivity index (χ0n) is 11.8. The predicted molar refractivity (Wildman–Crippen MR) is 78.6 cm³/mol. The lowest BCUT2D eigenvalue weighted by atomic mass is 10.1. The molecule has 3 rings (SSSR count). The Morgan fingerprint density at radius 1 is 0.895 bits per heavy atom. The van der Waals surface area contributed by atoms with Crippen molar-refractivity contribution >= 4 is 16.4 Å². The zero-order valence-corrected chi connectivity index (χ0v) is 11.8. The van der Waals surface area contributed by atoms with E-state index in [9.17, 15) is 0 Å². The molecule has 0 spiro atoms. The third-order valence-corrected chi connectivity index (χ3v) is 3.68. The van der Waals surface area contributed by atoms with E-state index in [1.165, 1.54) is 16.5 Å². The number of hydrogen-bond acceptors (Lipinski definition) is 2. The van der Waals surface area contributed by atoms with Gasteiger partial charge in [0.25, 0.3) is 0 Å². The number of rotatable bonds is 3. The largest absolute Gasteiger partial charge is 0.285 e. The minimum Gasteiger partial charge on any atom is -0.285 e. The van der Waals surface area contributed by atoms with E-state index in [2.05, 4.69) is 49.4 Å². The van der Waals surface area contributed by atoms with Crippen LogP contribution in [0.1, 0.15) is 38.1 Å². The van der Waals surface area contributed by atoms with E-state index in [0.717, 1.165) is 36.6 Å². The van der Waals surface area contributed by atoms with Crippen molar-refractivity contribution in [3.8, 4) is 0 Å². The van der Waals surface area contributed by atoms with Gasteiger partial charge in [0.1, 0.15) is 17.3 Å². The van der Waals surface area contributed by atoms with Crippen LogP contribution >= 0.6 is 0 Å². The number of benzene rings is 1. The monoisotopic (exact) mass is 253 g/mol. The molecule has 0 bridgehead atoms. The summed E-state index contributed by atoms with van der Waals surface area (Å²) in [5.41, 5.74) is 2.39. The Morgan fingerprint density at radius 2 is 1.63 bits per heavy atom. The van der Waals surface area contributed by atoms with E-state index in [4.69, 9.17) is 9.97 Å². The highest BCUT2D eigenvalue weighted by molar-refractivity contribution is 5.97. The maximum Gasteiger partial charge on any atom is 0.148 e. The molecule has 0 amide bonds. The molecule has 2 heterocycles. The Hall–Kier alpha value is -1.90. The first-order valence-electron chi connectivity index (χ1n) is 7.07. The molecule has 3 nitrogen and oxygen atoms in total. The van der Waals surface area contributed by atoms with Gasteiger partial charge < -0.3 is 0 Å². The highest BCUT2D eigenvalue weighted by atomic mass is 15.1. The van der Waals surface area contributed by atoms with Gasteiger partial charge in [-0.1, -0.05) is 45.0 Å². The molecule has 3 aromatic rings. The van der Waals surface area contributed by atoms with Crippen molar-refractivity contribution in [1.82, 2.24) is 14.4 Å². The Labute approximate surface area is 113 Å². The molecule has 98 valence electrons. The normalized spacial score (nSPS) is 11.5. The van der Waals surface area contributed by atoms with Crippen molar-refractivity contribution in [3.05, 3.63) is 41.6 Å². The second-order valence-electron chi connectivity index (χ2n) is 4.77. The SMILES string of the molecule is CCc1nc(CC)n2c(CC)c3ccccc3c2n1. The van der Waals surface area contributed by atoms with Gasteiger partial charge in [-0.25, -0.2) is 9.97 Å². The molecule has 0 fully saturated rings. The molecule has 3 heteroatoms. The Bertz CT molecular complexity index is 740. The summed E-state index contributed by atoms with van der Waals surface area (Å²) < 4.78 is 2.25. The van der Waals surface area contributed by atoms with E-state index in [1.54, 1.807) is 0 Å². The maximum atomic E-state index is 4.75. The fraction of sp³-hybridized carbons (Fsp3) is 0.375. The highest BCUT2D eigenvalue weighted by Crippen LogP contribution is 2.27. The number of hydrogen-bond donors (Lipinski definition) is 0. The molecule has 0 aliphatic heterocycles. The van der Waals surface area contributed by atoms with E-state index in [1.807, 2.05) is 0 Å². The number of fused-ring (bicyclic) bond motifs is 3. The van der Waals surface area contributed by atoms with Gasteiger partial charge in [0.15, 0.2) is 0 Å². The van der Waals surface area contributed by atoms with Crippen LogP contribution in [0.5, 0.6) is 0 Å². The van der Waals surface area contributed by atoms with Gasteiger partial charge in [0.2, 0.25) is 0 Å². The molecule has 0 saturated heterocycles. The summed E-state index contributed by atoms with van der Waals surface area (Å²) in [4.78, 5) is 9.44. The third kappa shape index (κ3) is 1.72. The van der Waals surface area contributed by atoms with E-state index in [0.29, 0.717) is 0 Å². The van der Waals surface area contributed by atoms with Gasteiger partial charge in [0, 0.05) is 29.3 Å².